The Hall–Kier alpha value is -0.0200. The molecule has 1 fully saturated rings. The highest BCUT2D eigenvalue weighted by Gasteiger charge is 2.21. The van der Waals surface area contributed by atoms with Crippen LogP contribution in [0, 0.1) is 0 Å². The molecule has 0 saturated carbocycles. The molecule has 10 heavy (non-hydrogen) atoms. The Morgan fingerprint density at radius 2 is 2.50 bits per heavy atom. The van der Waals surface area contributed by atoms with Gasteiger partial charge in [-0.2, -0.15) is 11.8 Å². The highest BCUT2D eigenvalue weighted by molar-refractivity contribution is 7.99. The van der Waals surface area contributed by atoms with Crippen molar-refractivity contribution in [3.8, 4) is 0 Å². The lowest BCUT2D eigenvalue weighted by molar-refractivity contribution is -0.116. The number of thioether (sulfide) groups is 1. The number of hydrogen-bond donors (Lipinski definition) is 0. The van der Waals surface area contributed by atoms with Crippen LogP contribution >= 0.6 is 11.8 Å². The third-order valence-corrected chi connectivity index (χ3v) is 2.40. The molecule has 0 bridgehead atoms. The SMILES string of the molecule is CC(=O)CCSCC1CO1. The van der Waals surface area contributed by atoms with Gasteiger partial charge in [-0.3, -0.25) is 4.79 Å². The summed E-state index contributed by atoms with van der Waals surface area (Å²) in [6, 6.07) is 0. The second kappa shape index (κ2) is 3.98. The van der Waals surface area contributed by atoms with Crippen LogP contribution in [0.3, 0.4) is 0 Å². The van der Waals surface area contributed by atoms with Gasteiger partial charge in [0, 0.05) is 17.9 Å². The second-order valence-electron chi connectivity index (χ2n) is 2.48. The van der Waals surface area contributed by atoms with Crippen molar-refractivity contribution >= 4 is 17.5 Å². The molecule has 1 heterocycles. The summed E-state index contributed by atoms with van der Waals surface area (Å²) < 4.78 is 5.01. The molecule has 0 N–H and O–H groups in total. The van der Waals surface area contributed by atoms with E-state index in [-0.39, 0.29) is 5.78 Å². The number of ether oxygens (including phenoxy) is 1. The van der Waals surface area contributed by atoms with E-state index in [9.17, 15) is 4.79 Å². The molecule has 0 aromatic carbocycles. The molecule has 1 rings (SSSR count). The molecular weight excluding hydrogens is 148 g/mol. The second-order valence-corrected chi connectivity index (χ2v) is 3.63. The summed E-state index contributed by atoms with van der Waals surface area (Å²) in [7, 11) is 0. The van der Waals surface area contributed by atoms with Gasteiger partial charge < -0.3 is 4.74 Å². The smallest absolute Gasteiger partial charge is 0.130 e. The van der Waals surface area contributed by atoms with Gasteiger partial charge in [-0.1, -0.05) is 0 Å². The van der Waals surface area contributed by atoms with Crippen LogP contribution in [-0.2, 0) is 9.53 Å². The predicted molar refractivity (Wildman–Crippen MR) is 42.4 cm³/mol. The van der Waals surface area contributed by atoms with Gasteiger partial charge in [-0.25, -0.2) is 0 Å². The summed E-state index contributed by atoms with van der Waals surface area (Å²) in [4.78, 5) is 10.5. The number of epoxide rings is 1. The number of hydrogen-bond acceptors (Lipinski definition) is 3. The fraction of sp³-hybridized carbons (Fsp3) is 0.857. The minimum absolute atomic E-state index is 0.282. The molecule has 3 heteroatoms. The first-order valence-electron chi connectivity index (χ1n) is 3.48. The van der Waals surface area contributed by atoms with Crippen LogP contribution in [0.2, 0.25) is 0 Å². The maximum atomic E-state index is 10.5. The van der Waals surface area contributed by atoms with E-state index in [4.69, 9.17) is 4.74 Å². The fourth-order valence-corrected chi connectivity index (χ4v) is 1.65. The van der Waals surface area contributed by atoms with Gasteiger partial charge in [0.05, 0.1) is 12.7 Å². The third kappa shape index (κ3) is 3.90. The zero-order valence-corrected chi connectivity index (χ0v) is 6.95. The first-order valence-corrected chi connectivity index (χ1v) is 4.63. The lowest BCUT2D eigenvalue weighted by Gasteiger charge is -1.94. The molecule has 0 amide bonds. The molecule has 58 valence electrons. The van der Waals surface area contributed by atoms with Gasteiger partial charge in [0.25, 0.3) is 0 Å². The van der Waals surface area contributed by atoms with Gasteiger partial charge in [0.2, 0.25) is 0 Å². The number of carbonyl (C=O) groups is 1. The zero-order valence-electron chi connectivity index (χ0n) is 6.13. The van der Waals surface area contributed by atoms with Gasteiger partial charge in [0.15, 0.2) is 0 Å². The lowest BCUT2D eigenvalue weighted by Crippen LogP contribution is -1.95. The van der Waals surface area contributed by atoms with Crippen LogP contribution in [0.25, 0.3) is 0 Å². The van der Waals surface area contributed by atoms with Crippen molar-refractivity contribution in [3.63, 3.8) is 0 Å². The summed E-state index contributed by atoms with van der Waals surface area (Å²) in [5.41, 5.74) is 0. The molecule has 1 aliphatic rings. The van der Waals surface area contributed by atoms with Gasteiger partial charge in [-0.05, 0) is 6.92 Å². The standard InChI is InChI=1S/C7H12O2S/c1-6(8)2-3-10-5-7-4-9-7/h7H,2-5H2,1H3. The highest BCUT2D eigenvalue weighted by Crippen LogP contribution is 2.16. The Morgan fingerprint density at radius 1 is 1.80 bits per heavy atom. The summed E-state index contributed by atoms with van der Waals surface area (Å²) >= 11 is 1.81. The Morgan fingerprint density at radius 3 is 3.00 bits per heavy atom. The number of Topliss-reactive ketones (excluding diaryl/α,β-unsaturated/α-hetero) is 1. The van der Waals surface area contributed by atoms with Crippen LogP contribution in [0.15, 0.2) is 0 Å². The van der Waals surface area contributed by atoms with E-state index in [1.54, 1.807) is 18.7 Å². The van der Waals surface area contributed by atoms with E-state index in [2.05, 4.69) is 0 Å². The molecular formula is C7H12O2S. The molecule has 1 saturated heterocycles. The van der Waals surface area contributed by atoms with E-state index in [1.807, 2.05) is 0 Å². The van der Waals surface area contributed by atoms with Crippen molar-refractivity contribution in [1.82, 2.24) is 0 Å². The summed E-state index contributed by atoms with van der Waals surface area (Å²) in [6.45, 7) is 2.56. The fourth-order valence-electron chi connectivity index (χ4n) is 0.595. The first kappa shape index (κ1) is 8.08. The van der Waals surface area contributed by atoms with Gasteiger partial charge in [-0.15, -0.1) is 0 Å². The average Bonchev–Trinajstić information content (AvgIpc) is 2.62. The average molecular weight is 160 g/mol. The molecule has 1 atom stereocenters. The summed E-state index contributed by atoms with van der Waals surface area (Å²) in [5.74, 6) is 2.30. The minimum atomic E-state index is 0.282. The van der Waals surface area contributed by atoms with Crippen LogP contribution in [-0.4, -0.2) is 30.0 Å². The molecule has 1 unspecified atom stereocenters. The minimum Gasteiger partial charge on any atom is -0.372 e. The molecule has 0 radical (unpaired) electrons. The number of ketones is 1. The van der Waals surface area contributed by atoms with Crippen LogP contribution in [0.1, 0.15) is 13.3 Å². The van der Waals surface area contributed by atoms with Crippen molar-refractivity contribution in [1.29, 1.82) is 0 Å². The number of carbonyl (C=O) groups excluding carboxylic acids is 1. The normalized spacial score (nSPS) is 22.7. The largest absolute Gasteiger partial charge is 0.372 e. The van der Waals surface area contributed by atoms with E-state index in [0.29, 0.717) is 12.5 Å². The van der Waals surface area contributed by atoms with Crippen molar-refractivity contribution in [2.24, 2.45) is 0 Å². The Bertz CT molecular complexity index is 121. The monoisotopic (exact) mass is 160 g/mol. The van der Waals surface area contributed by atoms with E-state index in [0.717, 1.165) is 18.1 Å². The van der Waals surface area contributed by atoms with Crippen molar-refractivity contribution in [2.75, 3.05) is 18.1 Å². The maximum absolute atomic E-state index is 10.5. The molecule has 2 nitrogen and oxygen atoms in total. The Labute approximate surface area is 65.3 Å². The van der Waals surface area contributed by atoms with Crippen molar-refractivity contribution in [2.45, 2.75) is 19.4 Å². The maximum Gasteiger partial charge on any atom is 0.130 e. The van der Waals surface area contributed by atoms with E-state index in [1.165, 1.54) is 0 Å². The van der Waals surface area contributed by atoms with E-state index >= 15 is 0 Å². The highest BCUT2D eigenvalue weighted by atomic mass is 32.2. The number of rotatable bonds is 5. The van der Waals surface area contributed by atoms with Crippen molar-refractivity contribution < 1.29 is 9.53 Å². The molecule has 0 spiro atoms. The molecule has 1 aliphatic heterocycles. The first-order chi connectivity index (χ1) is 4.79. The Kier molecular flexibility index (Phi) is 3.22. The Balaban J connectivity index is 1.80. The van der Waals surface area contributed by atoms with Crippen LogP contribution in [0.5, 0.6) is 0 Å². The zero-order chi connectivity index (χ0) is 7.40. The summed E-state index contributed by atoms with van der Waals surface area (Å²) in [6.07, 6.45) is 1.20. The summed E-state index contributed by atoms with van der Waals surface area (Å²) in [5, 5.41) is 0. The predicted octanol–water partition coefficient (Wildman–Crippen LogP) is 1.10. The van der Waals surface area contributed by atoms with E-state index < -0.39 is 0 Å². The molecule has 0 aliphatic carbocycles. The quantitative estimate of drug-likeness (QED) is 0.445. The van der Waals surface area contributed by atoms with Crippen LogP contribution < -0.4 is 0 Å². The lowest BCUT2D eigenvalue weighted by atomic mass is 10.4. The third-order valence-electron chi connectivity index (χ3n) is 1.30. The molecule has 0 aromatic heterocycles. The topological polar surface area (TPSA) is 29.6 Å². The van der Waals surface area contributed by atoms with Gasteiger partial charge in [0.1, 0.15) is 5.78 Å². The van der Waals surface area contributed by atoms with Crippen molar-refractivity contribution in [3.05, 3.63) is 0 Å². The molecule has 0 aromatic rings. The van der Waals surface area contributed by atoms with Crippen LogP contribution in [0.4, 0.5) is 0 Å². The van der Waals surface area contributed by atoms with Gasteiger partial charge >= 0.3 is 0 Å².